The Kier molecular flexibility index (Phi) is 2.27. The molecule has 0 amide bonds. The van der Waals surface area contributed by atoms with E-state index in [0.717, 1.165) is 19.3 Å². The fourth-order valence-electron chi connectivity index (χ4n) is 1.56. The molecule has 0 radical (unpaired) electrons. The molecule has 0 unspecified atom stereocenters. The van der Waals surface area contributed by atoms with Gasteiger partial charge in [-0.3, -0.25) is 4.79 Å². The van der Waals surface area contributed by atoms with E-state index >= 15 is 0 Å². The van der Waals surface area contributed by atoms with Crippen LogP contribution < -0.4 is 0 Å². The van der Waals surface area contributed by atoms with Crippen molar-refractivity contribution in [2.24, 2.45) is 5.41 Å². The number of carbonyl (C=O) groups is 2. The maximum Gasteiger partial charge on any atom is 0.316 e. The van der Waals surface area contributed by atoms with Gasteiger partial charge in [-0.2, -0.15) is 0 Å². The predicted octanol–water partition coefficient (Wildman–Crippen LogP) is 1.22. The summed E-state index contributed by atoms with van der Waals surface area (Å²) in [5.74, 6) is -0.952. The molecule has 0 aliphatic heterocycles. The van der Waals surface area contributed by atoms with Crippen molar-refractivity contribution in [2.75, 3.05) is 0 Å². The largest absolute Gasteiger partial charge is 0.481 e. The molecular weight excluding hydrogens is 144 g/mol. The Hall–Kier alpha value is -0.860. The molecule has 3 heteroatoms. The molecule has 1 aliphatic carbocycles. The Bertz CT molecular complexity index is 168. The van der Waals surface area contributed by atoms with E-state index < -0.39 is 11.4 Å². The van der Waals surface area contributed by atoms with Crippen LogP contribution in [0.3, 0.4) is 0 Å². The second kappa shape index (κ2) is 3.03. The zero-order valence-corrected chi connectivity index (χ0v) is 6.38. The lowest BCUT2D eigenvalue weighted by Gasteiger charge is -2.26. The summed E-state index contributed by atoms with van der Waals surface area (Å²) in [4.78, 5) is 21.2. The molecule has 62 valence electrons. The van der Waals surface area contributed by atoms with E-state index in [0.29, 0.717) is 19.1 Å². The second-order valence-corrected chi connectivity index (χ2v) is 3.14. The number of aliphatic carboxylic acids is 1. The molecule has 0 aromatic rings. The molecule has 1 rings (SSSR count). The van der Waals surface area contributed by atoms with Crippen LogP contribution in [0.25, 0.3) is 0 Å². The van der Waals surface area contributed by atoms with Crippen LogP contribution in [0.4, 0.5) is 0 Å². The summed E-state index contributed by atoms with van der Waals surface area (Å²) in [5.41, 5.74) is -1.04. The number of rotatable bonds is 2. The van der Waals surface area contributed by atoms with Crippen LogP contribution >= 0.6 is 0 Å². The molecule has 1 N–H and O–H groups in total. The van der Waals surface area contributed by atoms with Crippen molar-refractivity contribution in [3.63, 3.8) is 0 Å². The van der Waals surface area contributed by atoms with Gasteiger partial charge in [-0.15, -0.1) is 0 Å². The van der Waals surface area contributed by atoms with Crippen molar-refractivity contribution in [1.29, 1.82) is 0 Å². The summed E-state index contributed by atoms with van der Waals surface area (Å²) >= 11 is 0. The molecule has 1 aliphatic rings. The third kappa shape index (κ3) is 1.42. The topological polar surface area (TPSA) is 54.4 Å². The Balaban J connectivity index is 2.72. The number of hydrogen-bond acceptors (Lipinski definition) is 2. The highest BCUT2D eigenvalue weighted by Gasteiger charge is 2.39. The average Bonchev–Trinajstić information content (AvgIpc) is 2.05. The fraction of sp³-hybridized carbons (Fsp3) is 0.750. The smallest absolute Gasteiger partial charge is 0.316 e. The second-order valence-electron chi connectivity index (χ2n) is 3.14. The van der Waals surface area contributed by atoms with Crippen LogP contribution in [0.1, 0.15) is 32.1 Å². The number of carboxylic acids is 1. The minimum atomic E-state index is -1.04. The van der Waals surface area contributed by atoms with Crippen molar-refractivity contribution in [2.45, 2.75) is 32.1 Å². The Morgan fingerprint density at radius 3 is 2.09 bits per heavy atom. The van der Waals surface area contributed by atoms with Gasteiger partial charge in [0.1, 0.15) is 11.7 Å². The Labute approximate surface area is 65.4 Å². The Morgan fingerprint density at radius 1 is 1.27 bits per heavy atom. The predicted molar refractivity (Wildman–Crippen MR) is 39.2 cm³/mol. The first kappa shape index (κ1) is 8.24. The molecule has 1 fully saturated rings. The fourth-order valence-corrected chi connectivity index (χ4v) is 1.56. The first-order valence-corrected chi connectivity index (χ1v) is 3.91. The van der Waals surface area contributed by atoms with Crippen LogP contribution in [0, 0.1) is 5.41 Å². The summed E-state index contributed by atoms with van der Waals surface area (Å²) in [7, 11) is 0. The van der Waals surface area contributed by atoms with Crippen molar-refractivity contribution < 1.29 is 14.7 Å². The minimum Gasteiger partial charge on any atom is -0.481 e. The van der Waals surface area contributed by atoms with Gasteiger partial charge >= 0.3 is 5.97 Å². The van der Waals surface area contributed by atoms with Crippen LogP contribution in [0.15, 0.2) is 0 Å². The lowest BCUT2D eigenvalue weighted by Crippen LogP contribution is -2.34. The number of hydrogen-bond donors (Lipinski definition) is 1. The number of carboxylic acid groups (broad SMARTS) is 1. The molecule has 0 aromatic heterocycles. The molecule has 0 saturated heterocycles. The van der Waals surface area contributed by atoms with Gasteiger partial charge in [-0.05, 0) is 12.8 Å². The van der Waals surface area contributed by atoms with Crippen molar-refractivity contribution in [3.8, 4) is 0 Å². The summed E-state index contributed by atoms with van der Waals surface area (Å²) in [6.45, 7) is 0. The monoisotopic (exact) mass is 156 g/mol. The summed E-state index contributed by atoms with van der Waals surface area (Å²) in [6.07, 6.45) is 4.44. The van der Waals surface area contributed by atoms with Gasteiger partial charge in [-0.1, -0.05) is 19.3 Å². The third-order valence-corrected chi connectivity index (χ3v) is 2.40. The zero-order chi connectivity index (χ0) is 8.32. The molecule has 0 bridgehead atoms. The van der Waals surface area contributed by atoms with Crippen LogP contribution in [0.2, 0.25) is 0 Å². The van der Waals surface area contributed by atoms with E-state index in [2.05, 4.69) is 0 Å². The van der Waals surface area contributed by atoms with Crippen LogP contribution in [0.5, 0.6) is 0 Å². The van der Waals surface area contributed by atoms with Gasteiger partial charge in [0.2, 0.25) is 0 Å². The van der Waals surface area contributed by atoms with Gasteiger partial charge in [0.05, 0.1) is 0 Å². The molecule has 1 saturated carbocycles. The standard InChI is InChI=1S/C8H12O3/c9-6-8(7(10)11)4-2-1-3-5-8/h6H,1-5H2,(H,10,11). The minimum absolute atomic E-state index is 0.520. The Morgan fingerprint density at radius 2 is 1.82 bits per heavy atom. The molecule has 0 heterocycles. The lowest BCUT2D eigenvalue weighted by molar-refractivity contribution is -0.153. The molecule has 0 spiro atoms. The molecule has 0 atom stereocenters. The van der Waals surface area contributed by atoms with E-state index in [1.807, 2.05) is 0 Å². The first-order chi connectivity index (χ1) is 5.21. The highest BCUT2D eigenvalue weighted by atomic mass is 16.4. The highest BCUT2D eigenvalue weighted by Crippen LogP contribution is 2.34. The van der Waals surface area contributed by atoms with Gasteiger partial charge in [-0.25, -0.2) is 0 Å². The molecule has 3 nitrogen and oxygen atoms in total. The zero-order valence-electron chi connectivity index (χ0n) is 6.38. The van der Waals surface area contributed by atoms with Gasteiger partial charge < -0.3 is 9.90 Å². The maximum atomic E-state index is 10.7. The maximum absolute atomic E-state index is 10.7. The lowest BCUT2D eigenvalue weighted by atomic mass is 9.75. The van der Waals surface area contributed by atoms with Crippen molar-refractivity contribution >= 4 is 12.3 Å². The highest BCUT2D eigenvalue weighted by molar-refractivity contribution is 5.91. The van der Waals surface area contributed by atoms with Crippen LogP contribution in [-0.4, -0.2) is 17.4 Å². The number of aldehydes is 1. The quantitative estimate of drug-likeness (QED) is 0.483. The van der Waals surface area contributed by atoms with E-state index in [1.54, 1.807) is 0 Å². The van der Waals surface area contributed by atoms with Crippen molar-refractivity contribution in [1.82, 2.24) is 0 Å². The molecule has 0 aromatic carbocycles. The summed E-state index contributed by atoms with van der Waals surface area (Å²) < 4.78 is 0. The summed E-state index contributed by atoms with van der Waals surface area (Å²) in [5, 5.41) is 8.76. The third-order valence-electron chi connectivity index (χ3n) is 2.40. The number of carbonyl (C=O) groups excluding carboxylic acids is 1. The van der Waals surface area contributed by atoms with Gasteiger partial charge in [0, 0.05) is 0 Å². The van der Waals surface area contributed by atoms with Gasteiger partial charge in [0.15, 0.2) is 0 Å². The van der Waals surface area contributed by atoms with E-state index in [1.165, 1.54) is 0 Å². The van der Waals surface area contributed by atoms with Crippen molar-refractivity contribution in [3.05, 3.63) is 0 Å². The van der Waals surface area contributed by atoms with Crippen LogP contribution in [-0.2, 0) is 9.59 Å². The molecular formula is C8H12O3. The molecule has 11 heavy (non-hydrogen) atoms. The normalized spacial score (nSPS) is 22.5. The van der Waals surface area contributed by atoms with E-state index in [9.17, 15) is 9.59 Å². The van der Waals surface area contributed by atoms with E-state index in [4.69, 9.17) is 5.11 Å². The first-order valence-electron chi connectivity index (χ1n) is 3.91. The average molecular weight is 156 g/mol. The van der Waals surface area contributed by atoms with Gasteiger partial charge in [0.25, 0.3) is 0 Å². The van der Waals surface area contributed by atoms with E-state index in [-0.39, 0.29) is 0 Å². The summed E-state index contributed by atoms with van der Waals surface area (Å²) in [6, 6.07) is 0. The SMILES string of the molecule is O=CC1(C(=O)O)CCCCC1.